The van der Waals surface area contributed by atoms with Gasteiger partial charge in [0.2, 0.25) is 0 Å². The van der Waals surface area contributed by atoms with E-state index in [9.17, 15) is 4.79 Å². The van der Waals surface area contributed by atoms with Crippen molar-refractivity contribution in [2.24, 2.45) is 5.92 Å². The summed E-state index contributed by atoms with van der Waals surface area (Å²) in [6.45, 7) is 3.63. The zero-order chi connectivity index (χ0) is 11.1. The van der Waals surface area contributed by atoms with E-state index < -0.39 is 0 Å². The molecule has 2 atom stereocenters. The molecule has 0 amide bonds. The highest BCUT2D eigenvalue weighted by molar-refractivity contribution is 5.71. The fraction of sp³-hybridized carbons (Fsp3) is 0.909. The summed E-state index contributed by atoms with van der Waals surface area (Å²) < 4.78 is 15.5. The van der Waals surface area contributed by atoms with Crippen molar-refractivity contribution in [1.82, 2.24) is 0 Å². The van der Waals surface area contributed by atoms with Gasteiger partial charge in [0.25, 0.3) is 0 Å². The van der Waals surface area contributed by atoms with E-state index in [0.29, 0.717) is 13.2 Å². The Kier molecular flexibility index (Phi) is 5.65. The summed E-state index contributed by atoms with van der Waals surface area (Å²) in [4.78, 5) is 11.1. The Hall–Kier alpha value is -0.610. The lowest BCUT2D eigenvalue weighted by Gasteiger charge is -2.22. The number of carbonyl (C=O) groups excluding carboxylic acids is 1. The molecule has 0 bridgehead atoms. The van der Waals surface area contributed by atoms with Crippen molar-refractivity contribution in [3.05, 3.63) is 0 Å². The van der Waals surface area contributed by atoms with Crippen molar-refractivity contribution in [2.75, 3.05) is 26.9 Å². The maximum atomic E-state index is 11.1. The molecule has 1 saturated heterocycles. The molecule has 0 N–H and O–H groups in total. The van der Waals surface area contributed by atoms with Gasteiger partial charge in [-0.2, -0.15) is 0 Å². The summed E-state index contributed by atoms with van der Waals surface area (Å²) in [5.41, 5.74) is 0. The highest BCUT2D eigenvalue weighted by Crippen LogP contribution is 2.13. The third kappa shape index (κ3) is 4.62. The van der Waals surface area contributed by atoms with E-state index in [1.54, 1.807) is 6.92 Å². The van der Waals surface area contributed by atoms with E-state index in [4.69, 9.17) is 9.47 Å². The molecule has 0 saturated carbocycles. The third-order valence-electron chi connectivity index (χ3n) is 2.55. The van der Waals surface area contributed by atoms with Crippen LogP contribution in [0, 0.1) is 5.92 Å². The minimum absolute atomic E-state index is 0.196. The summed E-state index contributed by atoms with van der Waals surface area (Å²) in [7, 11) is 1.39. The van der Waals surface area contributed by atoms with Crippen LogP contribution in [-0.2, 0) is 19.0 Å². The Morgan fingerprint density at radius 3 is 2.93 bits per heavy atom. The molecule has 15 heavy (non-hydrogen) atoms. The first kappa shape index (κ1) is 12.5. The highest BCUT2D eigenvalue weighted by Gasteiger charge is 2.16. The zero-order valence-corrected chi connectivity index (χ0v) is 9.53. The average Bonchev–Trinajstić information content (AvgIpc) is 2.29. The molecule has 0 spiro atoms. The van der Waals surface area contributed by atoms with Crippen LogP contribution >= 0.6 is 0 Å². The van der Waals surface area contributed by atoms with Crippen molar-refractivity contribution in [2.45, 2.75) is 32.3 Å². The van der Waals surface area contributed by atoms with Gasteiger partial charge in [0, 0.05) is 6.61 Å². The molecule has 1 fully saturated rings. The molecular formula is C11H20O4. The van der Waals surface area contributed by atoms with Crippen LogP contribution in [-0.4, -0.2) is 39.0 Å². The number of ether oxygens (including phenoxy) is 3. The van der Waals surface area contributed by atoms with Crippen molar-refractivity contribution in [3.63, 3.8) is 0 Å². The predicted molar refractivity (Wildman–Crippen MR) is 55.6 cm³/mol. The monoisotopic (exact) mass is 216 g/mol. The Bertz CT molecular complexity index is 187. The van der Waals surface area contributed by atoms with Gasteiger partial charge in [-0.15, -0.1) is 0 Å². The molecule has 1 rings (SSSR count). The molecule has 0 aliphatic carbocycles. The lowest BCUT2D eigenvalue weighted by Crippen LogP contribution is -2.27. The SMILES string of the molecule is COC(=O)C(C)COCC1CCCCO1. The van der Waals surface area contributed by atoms with Crippen molar-refractivity contribution in [3.8, 4) is 0 Å². The molecule has 1 aliphatic heterocycles. The summed E-state index contributed by atoms with van der Waals surface area (Å²) in [6, 6.07) is 0. The first-order valence-corrected chi connectivity index (χ1v) is 5.51. The van der Waals surface area contributed by atoms with Gasteiger partial charge >= 0.3 is 5.97 Å². The van der Waals surface area contributed by atoms with Gasteiger partial charge in [-0.25, -0.2) is 0 Å². The minimum Gasteiger partial charge on any atom is -0.469 e. The smallest absolute Gasteiger partial charge is 0.310 e. The second-order valence-corrected chi connectivity index (χ2v) is 3.95. The first-order chi connectivity index (χ1) is 7.24. The van der Waals surface area contributed by atoms with Gasteiger partial charge in [-0.3, -0.25) is 4.79 Å². The largest absolute Gasteiger partial charge is 0.469 e. The molecule has 2 unspecified atom stereocenters. The van der Waals surface area contributed by atoms with Gasteiger partial charge in [0.15, 0.2) is 0 Å². The van der Waals surface area contributed by atoms with Crippen molar-refractivity contribution >= 4 is 5.97 Å². The van der Waals surface area contributed by atoms with Gasteiger partial charge in [-0.05, 0) is 26.2 Å². The maximum absolute atomic E-state index is 11.1. The molecule has 1 heterocycles. The van der Waals surface area contributed by atoms with Gasteiger partial charge in [0.05, 0.1) is 32.3 Å². The van der Waals surface area contributed by atoms with Crippen LogP contribution in [0.5, 0.6) is 0 Å². The Balaban J connectivity index is 2.07. The summed E-state index contributed by atoms with van der Waals surface area (Å²) in [5.74, 6) is -0.418. The molecule has 0 aromatic carbocycles. The van der Waals surface area contributed by atoms with Crippen LogP contribution in [0.4, 0.5) is 0 Å². The van der Waals surface area contributed by atoms with Gasteiger partial charge in [0.1, 0.15) is 0 Å². The van der Waals surface area contributed by atoms with Crippen LogP contribution in [0.25, 0.3) is 0 Å². The van der Waals surface area contributed by atoms with E-state index in [-0.39, 0.29) is 18.0 Å². The van der Waals surface area contributed by atoms with E-state index >= 15 is 0 Å². The number of carbonyl (C=O) groups is 1. The molecule has 0 aromatic heterocycles. The summed E-state index contributed by atoms with van der Waals surface area (Å²) in [5, 5.41) is 0. The standard InChI is InChI=1S/C11H20O4/c1-9(11(12)13-2)7-14-8-10-5-3-4-6-15-10/h9-10H,3-8H2,1-2H3. The quantitative estimate of drug-likeness (QED) is 0.651. The minimum atomic E-state index is -0.223. The maximum Gasteiger partial charge on any atom is 0.310 e. The number of hydrogen-bond acceptors (Lipinski definition) is 4. The van der Waals surface area contributed by atoms with E-state index in [1.807, 2.05) is 0 Å². The molecular weight excluding hydrogens is 196 g/mol. The molecule has 1 aliphatic rings. The normalized spacial score (nSPS) is 23.5. The summed E-state index contributed by atoms with van der Waals surface area (Å²) in [6.07, 6.45) is 3.63. The van der Waals surface area contributed by atoms with Crippen LogP contribution in [0.1, 0.15) is 26.2 Å². The second kappa shape index (κ2) is 6.80. The van der Waals surface area contributed by atoms with Crippen LogP contribution in [0.15, 0.2) is 0 Å². The predicted octanol–water partition coefficient (Wildman–Crippen LogP) is 1.38. The van der Waals surface area contributed by atoms with Crippen LogP contribution in [0.3, 0.4) is 0 Å². The van der Waals surface area contributed by atoms with Crippen LogP contribution < -0.4 is 0 Å². The highest BCUT2D eigenvalue weighted by atomic mass is 16.5. The van der Waals surface area contributed by atoms with E-state index in [1.165, 1.54) is 13.5 Å². The van der Waals surface area contributed by atoms with E-state index in [0.717, 1.165) is 19.4 Å². The lowest BCUT2D eigenvalue weighted by atomic mass is 10.1. The van der Waals surface area contributed by atoms with Crippen molar-refractivity contribution in [1.29, 1.82) is 0 Å². The Morgan fingerprint density at radius 1 is 1.53 bits per heavy atom. The van der Waals surface area contributed by atoms with Crippen molar-refractivity contribution < 1.29 is 19.0 Å². The fourth-order valence-corrected chi connectivity index (χ4v) is 1.58. The van der Waals surface area contributed by atoms with Gasteiger partial charge < -0.3 is 14.2 Å². The number of esters is 1. The molecule has 88 valence electrons. The number of rotatable bonds is 5. The molecule has 4 nitrogen and oxygen atoms in total. The first-order valence-electron chi connectivity index (χ1n) is 5.51. The Labute approximate surface area is 90.9 Å². The summed E-state index contributed by atoms with van der Waals surface area (Å²) >= 11 is 0. The molecule has 0 aromatic rings. The van der Waals surface area contributed by atoms with Crippen LogP contribution in [0.2, 0.25) is 0 Å². The number of methoxy groups -OCH3 is 1. The molecule has 0 radical (unpaired) electrons. The lowest BCUT2D eigenvalue weighted by molar-refractivity contribution is -0.147. The Morgan fingerprint density at radius 2 is 2.33 bits per heavy atom. The topological polar surface area (TPSA) is 44.8 Å². The fourth-order valence-electron chi connectivity index (χ4n) is 1.58. The third-order valence-corrected chi connectivity index (χ3v) is 2.55. The zero-order valence-electron chi connectivity index (χ0n) is 9.53. The number of hydrogen-bond donors (Lipinski definition) is 0. The van der Waals surface area contributed by atoms with Gasteiger partial charge in [-0.1, -0.05) is 0 Å². The average molecular weight is 216 g/mol. The van der Waals surface area contributed by atoms with E-state index in [2.05, 4.69) is 4.74 Å². The molecule has 4 heteroatoms. The second-order valence-electron chi connectivity index (χ2n) is 3.95.